The molecule has 22 heavy (non-hydrogen) atoms. The Morgan fingerprint density at radius 1 is 1.27 bits per heavy atom. The van der Waals surface area contributed by atoms with E-state index in [0.29, 0.717) is 12.5 Å². The van der Waals surface area contributed by atoms with E-state index in [1.165, 1.54) is 22.3 Å². The van der Waals surface area contributed by atoms with Gasteiger partial charge in [-0.3, -0.25) is 4.90 Å². The maximum Gasteiger partial charge on any atom is 0.274 e. The van der Waals surface area contributed by atoms with Crippen LogP contribution in [0.4, 0.5) is 0 Å². The summed E-state index contributed by atoms with van der Waals surface area (Å²) >= 11 is 0. The molecule has 1 aromatic carbocycles. The predicted molar refractivity (Wildman–Crippen MR) is 89.8 cm³/mol. The van der Waals surface area contributed by atoms with E-state index in [0.717, 1.165) is 32.5 Å². The third-order valence-electron chi connectivity index (χ3n) is 4.40. The number of nitrogens with one attached hydrogen (secondary N) is 1. The van der Waals surface area contributed by atoms with Gasteiger partial charge in [0.2, 0.25) is 0 Å². The Bertz CT molecular complexity index is 605. The number of benzene rings is 1. The highest BCUT2D eigenvalue weighted by Crippen LogP contribution is 2.22. The lowest BCUT2D eigenvalue weighted by Crippen LogP contribution is -2.42. The largest absolute Gasteiger partial charge is 0.299 e. The first kappa shape index (κ1) is 17.4. The first-order valence-corrected chi connectivity index (χ1v) is 9.35. The maximum atomic E-state index is 11.0. The smallest absolute Gasteiger partial charge is 0.274 e. The van der Waals surface area contributed by atoms with Crippen LogP contribution in [0, 0.1) is 26.7 Å². The Hall–Kier alpha value is -0.950. The van der Waals surface area contributed by atoms with E-state index < -0.39 is 10.2 Å². The molecule has 0 amide bonds. The average molecular weight is 325 g/mol. The fourth-order valence-electron chi connectivity index (χ4n) is 3.38. The standard InChI is InChI=1S/C16H27N3O2S/c1-12-7-13(2)16(14(3)8-12)11-19-6-4-5-15(10-19)9-18-22(17,20)21/h7-8,15,18H,4-6,9-11H2,1-3H3,(H2,17,20,21). The Kier molecular flexibility index (Phi) is 5.60. The van der Waals surface area contributed by atoms with Crippen LogP contribution in [-0.4, -0.2) is 33.0 Å². The molecule has 0 aromatic heterocycles. The highest BCUT2D eigenvalue weighted by molar-refractivity contribution is 7.87. The van der Waals surface area contributed by atoms with Crippen LogP contribution < -0.4 is 9.86 Å². The van der Waals surface area contributed by atoms with E-state index >= 15 is 0 Å². The molecule has 1 saturated heterocycles. The SMILES string of the molecule is Cc1cc(C)c(CN2CCCC(CNS(N)(=O)=O)C2)c(C)c1. The lowest BCUT2D eigenvalue weighted by molar-refractivity contribution is 0.168. The van der Waals surface area contributed by atoms with Gasteiger partial charge in [-0.15, -0.1) is 0 Å². The van der Waals surface area contributed by atoms with Crippen LogP contribution in [0.3, 0.4) is 0 Å². The van der Waals surface area contributed by atoms with Crippen molar-refractivity contribution < 1.29 is 8.42 Å². The zero-order valence-electron chi connectivity index (χ0n) is 13.7. The molecule has 2 rings (SSSR count). The van der Waals surface area contributed by atoms with Gasteiger partial charge in [0.05, 0.1) is 0 Å². The summed E-state index contributed by atoms with van der Waals surface area (Å²) in [4.78, 5) is 2.42. The first-order valence-electron chi connectivity index (χ1n) is 7.81. The van der Waals surface area contributed by atoms with Gasteiger partial charge < -0.3 is 0 Å². The molecule has 1 aliphatic rings. The number of aryl methyl sites for hydroxylation is 3. The number of nitrogens with zero attached hydrogens (tertiary/aromatic N) is 1. The Balaban J connectivity index is 1.99. The molecule has 1 aliphatic heterocycles. The quantitative estimate of drug-likeness (QED) is 0.864. The van der Waals surface area contributed by atoms with Gasteiger partial charge in [0, 0.05) is 19.6 Å². The second-order valence-corrected chi connectivity index (χ2v) is 7.89. The molecule has 0 spiro atoms. The van der Waals surface area contributed by atoms with E-state index in [1.54, 1.807) is 0 Å². The lowest BCUT2D eigenvalue weighted by atomic mass is 9.95. The summed E-state index contributed by atoms with van der Waals surface area (Å²) in [5.41, 5.74) is 5.36. The highest BCUT2D eigenvalue weighted by atomic mass is 32.2. The van der Waals surface area contributed by atoms with Gasteiger partial charge in [0.15, 0.2) is 0 Å². The van der Waals surface area contributed by atoms with Crippen molar-refractivity contribution in [1.29, 1.82) is 0 Å². The molecule has 1 atom stereocenters. The van der Waals surface area contributed by atoms with Gasteiger partial charge in [-0.25, -0.2) is 9.86 Å². The molecule has 0 saturated carbocycles. The first-order chi connectivity index (χ1) is 10.2. The monoisotopic (exact) mass is 325 g/mol. The molecule has 5 nitrogen and oxygen atoms in total. The molecular weight excluding hydrogens is 298 g/mol. The molecular formula is C16H27N3O2S. The van der Waals surface area contributed by atoms with Crippen molar-refractivity contribution in [3.8, 4) is 0 Å². The van der Waals surface area contributed by atoms with Crippen LogP contribution in [0.15, 0.2) is 12.1 Å². The summed E-state index contributed by atoms with van der Waals surface area (Å²) < 4.78 is 24.5. The fourth-order valence-corrected chi connectivity index (χ4v) is 3.85. The molecule has 1 fully saturated rings. The van der Waals surface area contributed by atoms with Crippen LogP contribution in [-0.2, 0) is 16.8 Å². The van der Waals surface area contributed by atoms with Gasteiger partial charge >= 0.3 is 0 Å². The third-order valence-corrected chi connectivity index (χ3v) is 4.97. The van der Waals surface area contributed by atoms with E-state index in [2.05, 4.69) is 42.5 Å². The molecule has 0 bridgehead atoms. The fraction of sp³-hybridized carbons (Fsp3) is 0.625. The molecule has 1 heterocycles. The van der Waals surface area contributed by atoms with Gasteiger partial charge in [0.25, 0.3) is 10.2 Å². The summed E-state index contributed by atoms with van der Waals surface area (Å²) in [7, 11) is -3.59. The summed E-state index contributed by atoms with van der Waals surface area (Å²) in [6.07, 6.45) is 2.14. The van der Waals surface area contributed by atoms with E-state index in [-0.39, 0.29) is 0 Å². The summed E-state index contributed by atoms with van der Waals surface area (Å²) in [6.45, 7) is 9.80. The summed E-state index contributed by atoms with van der Waals surface area (Å²) in [6, 6.07) is 4.46. The average Bonchev–Trinajstić information content (AvgIpc) is 2.40. The van der Waals surface area contributed by atoms with Crippen LogP contribution in [0.5, 0.6) is 0 Å². The number of nitrogens with two attached hydrogens (primary N) is 1. The molecule has 3 N–H and O–H groups in total. The third kappa shape index (κ3) is 5.05. The Labute approximate surface area is 134 Å². The van der Waals surface area contributed by atoms with Crippen LogP contribution in [0.25, 0.3) is 0 Å². The molecule has 124 valence electrons. The second-order valence-electron chi connectivity index (χ2n) is 6.51. The summed E-state index contributed by atoms with van der Waals surface area (Å²) in [5, 5.41) is 5.01. The van der Waals surface area contributed by atoms with Crippen molar-refractivity contribution in [2.75, 3.05) is 19.6 Å². The zero-order chi connectivity index (χ0) is 16.3. The van der Waals surface area contributed by atoms with E-state index in [1.807, 2.05) is 0 Å². The minimum absolute atomic E-state index is 0.332. The second kappa shape index (κ2) is 7.08. The predicted octanol–water partition coefficient (Wildman–Crippen LogP) is 1.62. The normalized spacial score (nSPS) is 20.3. The highest BCUT2D eigenvalue weighted by Gasteiger charge is 2.21. The van der Waals surface area contributed by atoms with Crippen LogP contribution in [0.2, 0.25) is 0 Å². The topological polar surface area (TPSA) is 75.4 Å². The van der Waals surface area contributed by atoms with Gasteiger partial charge in [0.1, 0.15) is 0 Å². The summed E-state index contributed by atoms with van der Waals surface area (Å²) in [5.74, 6) is 0.332. The zero-order valence-corrected chi connectivity index (χ0v) is 14.5. The number of rotatable bonds is 5. The van der Waals surface area contributed by atoms with Crippen molar-refractivity contribution in [2.45, 2.75) is 40.2 Å². The molecule has 1 unspecified atom stereocenters. The van der Waals surface area contributed by atoms with Crippen molar-refractivity contribution in [3.63, 3.8) is 0 Å². The lowest BCUT2D eigenvalue weighted by Gasteiger charge is -2.33. The molecule has 6 heteroatoms. The van der Waals surface area contributed by atoms with E-state index in [4.69, 9.17) is 5.14 Å². The van der Waals surface area contributed by atoms with Crippen molar-refractivity contribution >= 4 is 10.2 Å². The number of likely N-dealkylation sites (tertiary alicyclic amines) is 1. The maximum absolute atomic E-state index is 11.0. The van der Waals surface area contributed by atoms with Crippen LogP contribution in [0.1, 0.15) is 35.1 Å². The van der Waals surface area contributed by atoms with E-state index in [9.17, 15) is 8.42 Å². The molecule has 0 radical (unpaired) electrons. The minimum atomic E-state index is -3.59. The Morgan fingerprint density at radius 3 is 2.50 bits per heavy atom. The van der Waals surface area contributed by atoms with Crippen molar-refractivity contribution in [1.82, 2.24) is 9.62 Å². The minimum Gasteiger partial charge on any atom is -0.299 e. The van der Waals surface area contributed by atoms with Crippen molar-refractivity contribution in [2.24, 2.45) is 11.1 Å². The number of hydrogen-bond donors (Lipinski definition) is 2. The number of hydrogen-bond acceptors (Lipinski definition) is 3. The number of piperidine rings is 1. The Morgan fingerprint density at radius 2 is 1.91 bits per heavy atom. The van der Waals surface area contributed by atoms with Gasteiger partial charge in [-0.2, -0.15) is 8.42 Å². The van der Waals surface area contributed by atoms with Crippen LogP contribution >= 0.6 is 0 Å². The van der Waals surface area contributed by atoms with Gasteiger partial charge in [-0.1, -0.05) is 17.7 Å². The molecule has 1 aromatic rings. The van der Waals surface area contributed by atoms with Crippen molar-refractivity contribution in [3.05, 3.63) is 34.4 Å². The van der Waals surface area contributed by atoms with Gasteiger partial charge in [-0.05, 0) is 62.8 Å². The molecule has 0 aliphatic carbocycles.